The van der Waals surface area contributed by atoms with E-state index in [0.29, 0.717) is 11.8 Å². The number of hydrogen-bond donors (Lipinski definition) is 1. The first-order valence-corrected chi connectivity index (χ1v) is 9.96. The number of carbonyl (C=O) groups is 1. The van der Waals surface area contributed by atoms with Crippen LogP contribution in [-0.2, 0) is 17.6 Å². The number of nitrogens with one attached hydrogen (secondary N) is 1. The summed E-state index contributed by atoms with van der Waals surface area (Å²) in [5.74, 6) is 2.18. The molecule has 2 saturated carbocycles. The second kappa shape index (κ2) is 6.42. The van der Waals surface area contributed by atoms with E-state index in [-0.39, 0.29) is 5.91 Å². The van der Waals surface area contributed by atoms with Gasteiger partial charge >= 0.3 is 0 Å². The molecule has 0 spiro atoms. The van der Waals surface area contributed by atoms with Crippen molar-refractivity contribution < 1.29 is 4.79 Å². The van der Waals surface area contributed by atoms with Crippen molar-refractivity contribution in [3.8, 4) is 0 Å². The molecule has 0 unspecified atom stereocenters. The van der Waals surface area contributed by atoms with Crippen LogP contribution in [0.5, 0.6) is 0 Å². The average molecular weight is 331 g/mol. The average Bonchev–Trinajstić information content (AvgIpc) is 3.16. The molecule has 4 rings (SSSR count). The number of carbonyl (C=O) groups excluding carboxylic acids is 1. The Morgan fingerprint density at radius 2 is 2.09 bits per heavy atom. The lowest BCUT2D eigenvalue weighted by Crippen LogP contribution is -2.39. The molecule has 1 heterocycles. The predicted octanol–water partition coefficient (Wildman–Crippen LogP) is 3.06. The van der Waals surface area contributed by atoms with Crippen molar-refractivity contribution in [3.63, 3.8) is 0 Å². The molecule has 3 atom stereocenters. The molecule has 0 radical (unpaired) electrons. The van der Waals surface area contributed by atoms with Gasteiger partial charge in [0.05, 0.1) is 5.75 Å². The molecule has 0 aromatic carbocycles. The minimum absolute atomic E-state index is 0.145. The Kier molecular flexibility index (Phi) is 4.31. The third kappa shape index (κ3) is 3.25. The van der Waals surface area contributed by atoms with Gasteiger partial charge < -0.3 is 5.32 Å². The molecule has 1 aromatic heterocycles. The molecular weight excluding hydrogens is 306 g/mol. The summed E-state index contributed by atoms with van der Waals surface area (Å²) >= 11 is 1.48. The summed E-state index contributed by atoms with van der Waals surface area (Å²) in [6.07, 6.45) is 9.82. The Morgan fingerprint density at radius 1 is 1.22 bits per heavy atom. The molecule has 1 amide bonds. The lowest BCUT2D eigenvalue weighted by Gasteiger charge is -2.22. The zero-order chi connectivity index (χ0) is 15.8. The fourth-order valence-electron chi connectivity index (χ4n) is 4.62. The molecule has 124 valence electrons. The minimum Gasteiger partial charge on any atom is -0.352 e. The Labute approximate surface area is 142 Å². The van der Waals surface area contributed by atoms with Crippen molar-refractivity contribution in [2.75, 3.05) is 5.75 Å². The van der Waals surface area contributed by atoms with E-state index in [9.17, 15) is 4.79 Å². The standard InChI is InChI=1S/C18H25N3OS/c1-11-14-4-2-3-5-15(14)21-18(19-11)23-10-17(22)20-16-9-12-6-7-13(16)8-12/h12-13,16H,2-10H2,1H3,(H,20,22)/t12-,13-,16-/m1/s1. The van der Waals surface area contributed by atoms with E-state index in [2.05, 4.69) is 22.2 Å². The van der Waals surface area contributed by atoms with Crippen molar-refractivity contribution in [1.29, 1.82) is 0 Å². The Hall–Kier alpha value is -1.10. The predicted molar refractivity (Wildman–Crippen MR) is 91.5 cm³/mol. The number of thioether (sulfide) groups is 1. The number of nitrogens with zero attached hydrogens (tertiary/aromatic N) is 2. The monoisotopic (exact) mass is 331 g/mol. The van der Waals surface area contributed by atoms with Crippen LogP contribution in [0, 0.1) is 18.8 Å². The van der Waals surface area contributed by atoms with Crippen LogP contribution in [0.4, 0.5) is 0 Å². The van der Waals surface area contributed by atoms with Crippen molar-refractivity contribution >= 4 is 17.7 Å². The van der Waals surface area contributed by atoms with Gasteiger partial charge in [0.25, 0.3) is 0 Å². The summed E-state index contributed by atoms with van der Waals surface area (Å²) < 4.78 is 0. The summed E-state index contributed by atoms with van der Waals surface area (Å²) in [6, 6.07) is 0.424. The highest BCUT2D eigenvalue weighted by Crippen LogP contribution is 2.44. The number of amides is 1. The van der Waals surface area contributed by atoms with Crippen LogP contribution < -0.4 is 5.32 Å². The lowest BCUT2D eigenvalue weighted by molar-refractivity contribution is -0.119. The normalized spacial score (nSPS) is 28.7. The zero-order valence-electron chi connectivity index (χ0n) is 13.8. The molecule has 1 N–H and O–H groups in total. The van der Waals surface area contributed by atoms with Crippen molar-refractivity contribution in [2.24, 2.45) is 11.8 Å². The van der Waals surface area contributed by atoms with E-state index in [4.69, 9.17) is 0 Å². The highest BCUT2D eigenvalue weighted by atomic mass is 32.2. The molecule has 4 nitrogen and oxygen atoms in total. The minimum atomic E-state index is 0.145. The molecular formula is C18H25N3OS. The fourth-order valence-corrected chi connectivity index (χ4v) is 5.34. The number of aryl methyl sites for hydroxylation is 2. The smallest absolute Gasteiger partial charge is 0.230 e. The highest BCUT2D eigenvalue weighted by molar-refractivity contribution is 7.99. The first kappa shape index (κ1) is 15.4. The number of rotatable bonds is 4. The van der Waals surface area contributed by atoms with E-state index in [1.165, 1.54) is 61.5 Å². The molecule has 1 aromatic rings. The van der Waals surface area contributed by atoms with Crippen LogP contribution in [0.15, 0.2) is 5.16 Å². The van der Waals surface area contributed by atoms with Gasteiger partial charge in [-0.3, -0.25) is 4.79 Å². The third-order valence-electron chi connectivity index (χ3n) is 5.79. The SMILES string of the molecule is Cc1nc(SCC(=O)N[C@@H]2C[C@@H]3CC[C@@H]2C3)nc2c1CCCC2. The fraction of sp³-hybridized carbons (Fsp3) is 0.722. The van der Waals surface area contributed by atoms with Gasteiger partial charge in [0.2, 0.25) is 5.91 Å². The van der Waals surface area contributed by atoms with Gasteiger partial charge in [-0.2, -0.15) is 0 Å². The van der Waals surface area contributed by atoms with Crippen molar-refractivity contribution in [2.45, 2.75) is 69.5 Å². The molecule has 3 aliphatic carbocycles. The topological polar surface area (TPSA) is 54.9 Å². The van der Waals surface area contributed by atoms with E-state index in [1.807, 2.05) is 0 Å². The maximum absolute atomic E-state index is 12.2. The maximum Gasteiger partial charge on any atom is 0.230 e. The van der Waals surface area contributed by atoms with Crippen molar-refractivity contribution in [1.82, 2.24) is 15.3 Å². The Bertz CT molecular complexity index is 619. The van der Waals surface area contributed by atoms with Gasteiger partial charge in [-0.05, 0) is 69.3 Å². The first-order valence-electron chi connectivity index (χ1n) is 8.97. The molecule has 0 saturated heterocycles. The molecule has 0 aliphatic heterocycles. The van der Waals surface area contributed by atoms with Crippen LogP contribution in [0.3, 0.4) is 0 Å². The molecule has 5 heteroatoms. The van der Waals surface area contributed by atoms with Gasteiger partial charge in [0.15, 0.2) is 5.16 Å². The molecule has 2 fully saturated rings. The van der Waals surface area contributed by atoms with Crippen LogP contribution in [0.1, 0.15) is 55.5 Å². The van der Waals surface area contributed by atoms with E-state index in [0.717, 1.165) is 35.5 Å². The third-order valence-corrected chi connectivity index (χ3v) is 6.63. The lowest BCUT2D eigenvalue weighted by atomic mass is 9.95. The quantitative estimate of drug-likeness (QED) is 0.680. The molecule has 2 bridgehead atoms. The van der Waals surface area contributed by atoms with Gasteiger partial charge in [-0.1, -0.05) is 18.2 Å². The summed E-state index contributed by atoms with van der Waals surface area (Å²) in [4.78, 5) is 21.5. The van der Waals surface area contributed by atoms with Crippen molar-refractivity contribution in [3.05, 3.63) is 17.0 Å². The van der Waals surface area contributed by atoms with Gasteiger partial charge in [-0.15, -0.1) is 0 Å². The Balaban J connectivity index is 1.33. The van der Waals surface area contributed by atoms with Crippen LogP contribution in [0.2, 0.25) is 0 Å². The van der Waals surface area contributed by atoms with E-state index in [1.54, 1.807) is 0 Å². The van der Waals surface area contributed by atoms with E-state index >= 15 is 0 Å². The zero-order valence-corrected chi connectivity index (χ0v) is 14.6. The highest BCUT2D eigenvalue weighted by Gasteiger charge is 2.40. The summed E-state index contributed by atoms with van der Waals surface area (Å²) in [5, 5.41) is 4.01. The van der Waals surface area contributed by atoms with Gasteiger partial charge in [0, 0.05) is 17.4 Å². The number of aromatic nitrogens is 2. The number of fused-ring (bicyclic) bond motifs is 3. The largest absolute Gasteiger partial charge is 0.352 e. The second-order valence-corrected chi connectivity index (χ2v) is 8.30. The molecule has 3 aliphatic rings. The van der Waals surface area contributed by atoms with Gasteiger partial charge in [0.1, 0.15) is 0 Å². The Morgan fingerprint density at radius 3 is 2.87 bits per heavy atom. The summed E-state index contributed by atoms with van der Waals surface area (Å²) in [5.41, 5.74) is 3.65. The maximum atomic E-state index is 12.2. The summed E-state index contributed by atoms with van der Waals surface area (Å²) in [7, 11) is 0. The van der Waals surface area contributed by atoms with Gasteiger partial charge in [-0.25, -0.2) is 9.97 Å². The van der Waals surface area contributed by atoms with Crippen LogP contribution >= 0.6 is 11.8 Å². The molecule has 23 heavy (non-hydrogen) atoms. The van der Waals surface area contributed by atoms with Crippen LogP contribution in [0.25, 0.3) is 0 Å². The van der Waals surface area contributed by atoms with Crippen LogP contribution in [-0.4, -0.2) is 27.7 Å². The summed E-state index contributed by atoms with van der Waals surface area (Å²) in [6.45, 7) is 2.07. The van der Waals surface area contributed by atoms with E-state index < -0.39 is 0 Å². The first-order chi connectivity index (χ1) is 11.2. The number of hydrogen-bond acceptors (Lipinski definition) is 4. The second-order valence-electron chi connectivity index (χ2n) is 7.36.